The van der Waals surface area contributed by atoms with Crippen LogP contribution >= 0.6 is 0 Å². The molecule has 0 unspecified atom stereocenters. The third-order valence-corrected chi connectivity index (χ3v) is 5.44. The van der Waals surface area contributed by atoms with Gasteiger partial charge >= 0.3 is 0 Å². The first-order valence-electron chi connectivity index (χ1n) is 9.53. The summed E-state index contributed by atoms with van der Waals surface area (Å²) in [6, 6.07) is 17.5. The Morgan fingerprint density at radius 2 is 1.38 bits per heavy atom. The van der Waals surface area contributed by atoms with Gasteiger partial charge in [-0.15, -0.1) is 0 Å². The number of carbonyl (C=O) groups is 3. The zero-order valence-electron chi connectivity index (χ0n) is 15.6. The first kappa shape index (κ1) is 17.6. The summed E-state index contributed by atoms with van der Waals surface area (Å²) in [5.74, 6) is -0.788. The van der Waals surface area contributed by atoms with E-state index in [-0.39, 0.29) is 17.7 Å². The number of nitrogens with zero attached hydrogens (tertiary/aromatic N) is 2. The van der Waals surface area contributed by atoms with Gasteiger partial charge in [0.2, 0.25) is 0 Å². The van der Waals surface area contributed by atoms with Crippen LogP contribution in [0.15, 0.2) is 60.7 Å². The van der Waals surface area contributed by atoms with Gasteiger partial charge in [-0.3, -0.25) is 14.4 Å². The van der Waals surface area contributed by atoms with E-state index in [1.54, 1.807) is 41.3 Å². The number of hydrogen-bond acceptors (Lipinski definition) is 4. The molecule has 1 fully saturated rings. The molecule has 2 heterocycles. The SMILES string of the molecule is O=C(c1ccc(N2C(=O)c3cccc4cccc(c34)C2=O)cc1)N1CCOCC1. The van der Waals surface area contributed by atoms with Gasteiger partial charge in [0.1, 0.15) is 0 Å². The first-order chi connectivity index (χ1) is 14.1. The van der Waals surface area contributed by atoms with Crippen LogP contribution in [-0.2, 0) is 4.74 Å². The van der Waals surface area contributed by atoms with Crippen molar-refractivity contribution in [1.29, 1.82) is 0 Å². The first-order valence-corrected chi connectivity index (χ1v) is 9.53. The summed E-state index contributed by atoms with van der Waals surface area (Å²) in [6.45, 7) is 2.19. The zero-order valence-corrected chi connectivity index (χ0v) is 15.6. The lowest BCUT2D eigenvalue weighted by Crippen LogP contribution is -2.41. The van der Waals surface area contributed by atoms with E-state index in [4.69, 9.17) is 4.74 Å². The quantitative estimate of drug-likeness (QED) is 0.635. The molecule has 6 nitrogen and oxygen atoms in total. The van der Waals surface area contributed by atoms with Crippen molar-refractivity contribution in [3.05, 3.63) is 77.4 Å². The molecule has 3 aromatic rings. The van der Waals surface area contributed by atoms with Crippen LogP contribution in [0, 0.1) is 0 Å². The standard InChI is InChI=1S/C23H18N2O4/c26-21(24-11-13-29-14-12-24)16-7-9-17(10-8-16)25-22(27)18-5-1-3-15-4-2-6-19(20(15)18)23(25)28/h1-10H,11-14H2. The highest BCUT2D eigenvalue weighted by atomic mass is 16.5. The summed E-state index contributed by atoms with van der Waals surface area (Å²) >= 11 is 0. The number of morpholine rings is 1. The Hall–Kier alpha value is -3.51. The Labute approximate surface area is 167 Å². The lowest BCUT2D eigenvalue weighted by atomic mass is 9.93. The lowest BCUT2D eigenvalue weighted by Gasteiger charge is -2.28. The van der Waals surface area contributed by atoms with Crippen molar-refractivity contribution in [3.8, 4) is 0 Å². The van der Waals surface area contributed by atoms with Crippen molar-refractivity contribution in [2.45, 2.75) is 0 Å². The number of ether oxygens (including phenoxy) is 1. The smallest absolute Gasteiger partial charge is 0.265 e. The summed E-state index contributed by atoms with van der Waals surface area (Å²) < 4.78 is 5.28. The molecule has 3 amide bonds. The van der Waals surface area contributed by atoms with Gasteiger partial charge in [0.15, 0.2) is 0 Å². The van der Waals surface area contributed by atoms with Gasteiger partial charge in [-0.05, 0) is 41.8 Å². The van der Waals surface area contributed by atoms with Crippen LogP contribution in [0.3, 0.4) is 0 Å². The highest BCUT2D eigenvalue weighted by Gasteiger charge is 2.33. The third-order valence-electron chi connectivity index (χ3n) is 5.44. The van der Waals surface area contributed by atoms with Gasteiger partial charge in [-0.1, -0.05) is 24.3 Å². The molecule has 0 radical (unpaired) electrons. The highest BCUT2D eigenvalue weighted by Crippen LogP contribution is 2.32. The Kier molecular flexibility index (Phi) is 4.14. The fraction of sp³-hybridized carbons (Fsp3) is 0.174. The lowest BCUT2D eigenvalue weighted by molar-refractivity contribution is 0.0303. The minimum atomic E-state index is -0.355. The maximum absolute atomic E-state index is 13.1. The molecule has 0 aliphatic carbocycles. The molecule has 1 saturated heterocycles. The van der Waals surface area contributed by atoms with E-state index < -0.39 is 0 Å². The van der Waals surface area contributed by atoms with Crippen molar-refractivity contribution >= 4 is 34.2 Å². The van der Waals surface area contributed by atoms with Gasteiger partial charge in [-0.2, -0.15) is 0 Å². The van der Waals surface area contributed by atoms with E-state index >= 15 is 0 Å². The predicted molar refractivity (Wildman–Crippen MR) is 108 cm³/mol. The molecule has 5 rings (SSSR count). The zero-order chi connectivity index (χ0) is 20.0. The molecule has 0 aromatic heterocycles. The number of carbonyl (C=O) groups excluding carboxylic acids is 3. The van der Waals surface area contributed by atoms with Crippen molar-refractivity contribution in [2.75, 3.05) is 31.2 Å². The molecule has 2 aliphatic rings. The highest BCUT2D eigenvalue weighted by molar-refractivity contribution is 6.35. The molecule has 29 heavy (non-hydrogen) atoms. The van der Waals surface area contributed by atoms with Crippen LogP contribution < -0.4 is 4.90 Å². The van der Waals surface area contributed by atoms with Crippen molar-refractivity contribution in [3.63, 3.8) is 0 Å². The molecule has 0 atom stereocenters. The molecule has 144 valence electrons. The molecular weight excluding hydrogens is 368 g/mol. The van der Waals surface area contributed by atoms with Gasteiger partial charge < -0.3 is 9.64 Å². The van der Waals surface area contributed by atoms with Crippen LogP contribution in [0.4, 0.5) is 5.69 Å². The minimum absolute atomic E-state index is 0.0775. The average Bonchev–Trinajstić information content (AvgIpc) is 2.78. The van der Waals surface area contributed by atoms with E-state index in [2.05, 4.69) is 0 Å². The van der Waals surface area contributed by atoms with Gasteiger partial charge in [0, 0.05) is 35.2 Å². The van der Waals surface area contributed by atoms with Crippen molar-refractivity contribution < 1.29 is 19.1 Å². The summed E-state index contributed by atoms with van der Waals surface area (Å²) in [5, 5.41) is 1.56. The summed E-state index contributed by atoms with van der Waals surface area (Å²) in [5.41, 5.74) is 1.98. The van der Waals surface area contributed by atoms with E-state index in [1.807, 2.05) is 24.3 Å². The second-order valence-electron chi connectivity index (χ2n) is 7.11. The second kappa shape index (κ2) is 6.83. The number of rotatable bonds is 2. The number of imide groups is 1. The molecule has 3 aromatic carbocycles. The van der Waals surface area contributed by atoms with Crippen LogP contribution in [-0.4, -0.2) is 48.9 Å². The second-order valence-corrected chi connectivity index (χ2v) is 7.11. The molecule has 0 spiro atoms. The van der Waals surface area contributed by atoms with Crippen LogP contribution in [0.25, 0.3) is 10.8 Å². The van der Waals surface area contributed by atoms with Gasteiger partial charge in [0.25, 0.3) is 17.7 Å². The fourth-order valence-electron chi connectivity index (χ4n) is 3.97. The third kappa shape index (κ3) is 2.80. The number of anilines is 1. The number of hydrogen-bond donors (Lipinski definition) is 0. The molecule has 0 N–H and O–H groups in total. The average molecular weight is 386 g/mol. The molecule has 2 aliphatic heterocycles. The summed E-state index contributed by atoms with van der Waals surface area (Å²) in [4.78, 5) is 41.7. The van der Waals surface area contributed by atoms with E-state index in [0.29, 0.717) is 54.1 Å². The Morgan fingerprint density at radius 1 is 0.793 bits per heavy atom. The maximum Gasteiger partial charge on any atom is 0.265 e. The molecular formula is C23H18N2O4. The van der Waals surface area contributed by atoms with Crippen molar-refractivity contribution in [2.24, 2.45) is 0 Å². The van der Waals surface area contributed by atoms with E-state index in [1.165, 1.54) is 4.90 Å². The van der Waals surface area contributed by atoms with Crippen LogP contribution in [0.1, 0.15) is 31.1 Å². The topological polar surface area (TPSA) is 66.9 Å². The number of amides is 3. The molecule has 0 bridgehead atoms. The molecule has 6 heteroatoms. The predicted octanol–water partition coefficient (Wildman–Crippen LogP) is 3.11. The monoisotopic (exact) mass is 386 g/mol. The Balaban J connectivity index is 1.49. The minimum Gasteiger partial charge on any atom is -0.378 e. The fourth-order valence-corrected chi connectivity index (χ4v) is 3.97. The summed E-state index contributed by atoms with van der Waals surface area (Å²) in [7, 11) is 0. The Bertz CT molecular complexity index is 1100. The van der Waals surface area contributed by atoms with Gasteiger partial charge in [-0.25, -0.2) is 4.90 Å². The van der Waals surface area contributed by atoms with E-state index in [9.17, 15) is 14.4 Å². The maximum atomic E-state index is 13.1. The summed E-state index contributed by atoms with van der Waals surface area (Å²) in [6.07, 6.45) is 0. The van der Waals surface area contributed by atoms with Gasteiger partial charge in [0.05, 0.1) is 18.9 Å². The van der Waals surface area contributed by atoms with Crippen molar-refractivity contribution in [1.82, 2.24) is 4.90 Å². The van der Waals surface area contributed by atoms with Crippen LogP contribution in [0.2, 0.25) is 0 Å². The molecule has 0 saturated carbocycles. The normalized spacial score (nSPS) is 16.4. The van der Waals surface area contributed by atoms with E-state index in [0.717, 1.165) is 5.39 Å². The Morgan fingerprint density at radius 3 is 1.97 bits per heavy atom. The van der Waals surface area contributed by atoms with Crippen LogP contribution in [0.5, 0.6) is 0 Å². The largest absolute Gasteiger partial charge is 0.378 e. The number of benzene rings is 3.